The van der Waals surface area contributed by atoms with Gasteiger partial charge in [-0.1, -0.05) is 13.8 Å². The summed E-state index contributed by atoms with van der Waals surface area (Å²) in [6.45, 7) is 7.60. The average molecular weight is 374 g/mol. The van der Waals surface area contributed by atoms with E-state index in [-0.39, 0.29) is 29.0 Å². The molecule has 2 aliphatic rings. The zero-order chi connectivity index (χ0) is 19.6. The second-order valence-electron chi connectivity index (χ2n) is 7.42. The van der Waals surface area contributed by atoms with Crippen molar-refractivity contribution in [2.45, 2.75) is 26.7 Å². The molecule has 0 unspecified atom stereocenters. The van der Waals surface area contributed by atoms with Crippen molar-refractivity contribution in [1.82, 2.24) is 9.80 Å². The Bertz CT molecular complexity index is 735. The lowest BCUT2D eigenvalue weighted by atomic mass is 10.1. The number of nitro groups is 1. The van der Waals surface area contributed by atoms with Gasteiger partial charge in [0, 0.05) is 56.9 Å². The molecule has 0 N–H and O–H groups in total. The van der Waals surface area contributed by atoms with Gasteiger partial charge in [-0.15, -0.1) is 0 Å². The Morgan fingerprint density at radius 3 is 2.19 bits per heavy atom. The number of piperazine rings is 1. The van der Waals surface area contributed by atoms with Gasteiger partial charge in [-0.25, -0.2) is 0 Å². The van der Waals surface area contributed by atoms with E-state index in [1.807, 2.05) is 18.7 Å². The summed E-state index contributed by atoms with van der Waals surface area (Å²) >= 11 is 0. The SMILES string of the molecule is CC(C)C(=O)N1CCN(c2ccc([N+](=O)[O-])c(C(=O)N3CCCC3)c2)CC1. The zero-order valence-corrected chi connectivity index (χ0v) is 15.9. The number of carbonyl (C=O) groups excluding carboxylic acids is 2. The molecule has 1 aromatic carbocycles. The van der Waals surface area contributed by atoms with Gasteiger partial charge in [-0.2, -0.15) is 0 Å². The van der Waals surface area contributed by atoms with Gasteiger partial charge in [0.25, 0.3) is 11.6 Å². The molecule has 146 valence electrons. The third-order valence-electron chi connectivity index (χ3n) is 5.25. The van der Waals surface area contributed by atoms with E-state index >= 15 is 0 Å². The molecule has 0 spiro atoms. The predicted octanol–water partition coefficient (Wildman–Crippen LogP) is 2.14. The fourth-order valence-corrected chi connectivity index (χ4v) is 3.69. The van der Waals surface area contributed by atoms with E-state index in [0.29, 0.717) is 39.3 Å². The van der Waals surface area contributed by atoms with E-state index in [4.69, 9.17) is 0 Å². The molecule has 0 radical (unpaired) electrons. The molecule has 2 heterocycles. The number of likely N-dealkylation sites (tertiary alicyclic amines) is 1. The smallest absolute Gasteiger partial charge is 0.282 e. The van der Waals surface area contributed by atoms with Crippen molar-refractivity contribution in [2.24, 2.45) is 5.92 Å². The predicted molar refractivity (Wildman–Crippen MR) is 102 cm³/mol. The Labute approximate surface area is 158 Å². The second-order valence-corrected chi connectivity index (χ2v) is 7.42. The first-order valence-corrected chi connectivity index (χ1v) is 9.50. The first kappa shape index (κ1) is 19.1. The number of amides is 2. The number of hydrogen-bond donors (Lipinski definition) is 0. The van der Waals surface area contributed by atoms with Gasteiger partial charge >= 0.3 is 0 Å². The van der Waals surface area contributed by atoms with Crippen molar-refractivity contribution in [1.29, 1.82) is 0 Å². The highest BCUT2D eigenvalue weighted by Crippen LogP contribution is 2.28. The molecule has 2 amide bonds. The first-order chi connectivity index (χ1) is 12.9. The quantitative estimate of drug-likeness (QED) is 0.595. The lowest BCUT2D eigenvalue weighted by molar-refractivity contribution is -0.385. The zero-order valence-electron chi connectivity index (χ0n) is 15.9. The summed E-state index contributed by atoms with van der Waals surface area (Å²) in [7, 11) is 0. The molecule has 3 rings (SSSR count). The molecular formula is C19H26N4O4. The van der Waals surface area contributed by atoms with E-state index in [9.17, 15) is 19.7 Å². The monoisotopic (exact) mass is 374 g/mol. The van der Waals surface area contributed by atoms with Crippen molar-refractivity contribution in [3.8, 4) is 0 Å². The van der Waals surface area contributed by atoms with Crippen LogP contribution in [0.1, 0.15) is 37.0 Å². The number of carbonyl (C=O) groups is 2. The minimum Gasteiger partial charge on any atom is -0.368 e. The van der Waals surface area contributed by atoms with Crippen LogP contribution in [0.4, 0.5) is 11.4 Å². The van der Waals surface area contributed by atoms with Crippen molar-refractivity contribution >= 4 is 23.2 Å². The molecule has 2 fully saturated rings. The maximum Gasteiger partial charge on any atom is 0.282 e. The van der Waals surface area contributed by atoms with E-state index in [1.54, 1.807) is 17.0 Å². The molecule has 2 saturated heterocycles. The summed E-state index contributed by atoms with van der Waals surface area (Å²) in [4.78, 5) is 41.4. The Morgan fingerprint density at radius 1 is 1.00 bits per heavy atom. The molecule has 0 saturated carbocycles. The minimum atomic E-state index is -0.494. The van der Waals surface area contributed by atoms with Crippen LogP contribution in [0, 0.1) is 16.0 Å². The fraction of sp³-hybridized carbons (Fsp3) is 0.579. The Kier molecular flexibility index (Phi) is 5.62. The lowest BCUT2D eigenvalue weighted by Gasteiger charge is -2.37. The highest BCUT2D eigenvalue weighted by molar-refractivity contribution is 5.99. The molecule has 1 aromatic rings. The standard InChI is InChI=1S/C19H26N4O4/c1-14(2)18(24)22-11-9-20(10-12-22)15-5-6-17(23(26)27)16(13-15)19(25)21-7-3-4-8-21/h5-6,13-14H,3-4,7-12H2,1-2H3. The van der Waals surface area contributed by atoms with Gasteiger partial charge in [0.15, 0.2) is 0 Å². The number of nitrogens with zero attached hydrogens (tertiary/aromatic N) is 4. The van der Waals surface area contributed by atoms with Gasteiger partial charge in [-0.05, 0) is 25.0 Å². The molecule has 2 aliphatic heterocycles. The topological polar surface area (TPSA) is 87.0 Å². The minimum absolute atomic E-state index is 0.0272. The molecule has 0 bridgehead atoms. The van der Waals surface area contributed by atoms with Crippen LogP contribution in [0.3, 0.4) is 0 Å². The van der Waals surface area contributed by atoms with Crippen LogP contribution in [0.25, 0.3) is 0 Å². The second kappa shape index (κ2) is 7.94. The summed E-state index contributed by atoms with van der Waals surface area (Å²) in [5, 5.41) is 11.4. The van der Waals surface area contributed by atoms with E-state index < -0.39 is 4.92 Å². The normalized spacial score (nSPS) is 17.5. The van der Waals surface area contributed by atoms with Crippen LogP contribution in [0.2, 0.25) is 0 Å². The Balaban J connectivity index is 1.79. The number of hydrogen-bond acceptors (Lipinski definition) is 5. The van der Waals surface area contributed by atoms with Gasteiger partial charge in [0.05, 0.1) is 4.92 Å². The van der Waals surface area contributed by atoms with Crippen LogP contribution in [0.5, 0.6) is 0 Å². The van der Waals surface area contributed by atoms with Crippen molar-refractivity contribution in [3.63, 3.8) is 0 Å². The summed E-state index contributed by atoms with van der Waals surface area (Å²) < 4.78 is 0. The third-order valence-corrected chi connectivity index (χ3v) is 5.25. The van der Waals surface area contributed by atoms with Crippen LogP contribution < -0.4 is 4.90 Å². The van der Waals surface area contributed by atoms with Gasteiger partial charge < -0.3 is 14.7 Å². The van der Waals surface area contributed by atoms with Crippen molar-refractivity contribution in [2.75, 3.05) is 44.2 Å². The Hall–Kier alpha value is -2.64. The van der Waals surface area contributed by atoms with Crippen molar-refractivity contribution in [3.05, 3.63) is 33.9 Å². The van der Waals surface area contributed by atoms with Crippen LogP contribution >= 0.6 is 0 Å². The molecule has 27 heavy (non-hydrogen) atoms. The highest BCUT2D eigenvalue weighted by Gasteiger charge is 2.29. The molecule has 8 nitrogen and oxygen atoms in total. The highest BCUT2D eigenvalue weighted by atomic mass is 16.6. The largest absolute Gasteiger partial charge is 0.368 e. The van der Waals surface area contributed by atoms with Crippen LogP contribution in [-0.2, 0) is 4.79 Å². The number of benzene rings is 1. The molecule has 8 heteroatoms. The summed E-state index contributed by atoms with van der Waals surface area (Å²) in [6.07, 6.45) is 1.87. The molecular weight excluding hydrogens is 348 g/mol. The van der Waals surface area contributed by atoms with Gasteiger partial charge in [0.1, 0.15) is 5.56 Å². The summed E-state index contributed by atoms with van der Waals surface area (Å²) in [5.74, 6) is -0.154. The number of rotatable bonds is 4. The maximum absolute atomic E-state index is 12.8. The summed E-state index contributed by atoms with van der Waals surface area (Å²) in [6, 6.07) is 4.75. The van der Waals surface area contributed by atoms with E-state index in [1.165, 1.54) is 6.07 Å². The lowest BCUT2D eigenvalue weighted by Crippen LogP contribution is -2.50. The number of nitro benzene ring substituents is 1. The first-order valence-electron chi connectivity index (χ1n) is 9.50. The summed E-state index contributed by atoms with van der Waals surface area (Å²) in [5.41, 5.74) is 0.796. The molecule has 0 atom stereocenters. The van der Waals surface area contributed by atoms with Gasteiger partial charge in [-0.3, -0.25) is 19.7 Å². The van der Waals surface area contributed by atoms with Crippen LogP contribution in [0.15, 0.2) is 18.2 Å². The number of anilines is 1. The molecule has 0 aromatic heterocycles. The van der Waals surface area contributed by atoms with E-state index in [0.717, 1.165) is 18.5 Å². The Morgan fingerprint density at radius 2 is 1.63 bits per heavy atom. The molecule has 0 aliphatic carbocycles. The maximum atomic E-state index is 12.8. The average Bonchev–Trinajstić information content (AvgIpc) is 3.21. The van der Waals surface area contributed by atoms with Crippen LogP contribution in [-0.4, -0.2) is 65.8 Å². The third kappa shape index (κ3) is 4.04. The fourth-order valence-electron chi connectivity index (χ4n) is 3.69. The van der Waals surface area contributed by atoms with Gasteiger partial charge in [0.2, 0.25) is 5.91 Å². The van der Waals surface area contributed by atoms with Crippen molar-refractivity contribution < 1.29 is 14.5 Å². The van der Waals surface area contributed by atoms with E-state index in [2.05, 4.69) is 4.90 Å².